The van der Waals surface area contributed by atoms with Gasteiger partial charge < -0.3 is 11.1 Å². The molecule has 2 aromatic rings. The summed E-state index contributed by atoms with van der Waals surface area (Å²) in [4.78, 5) is 3.47. The van der Waals surface area contributed by atoms with Crippen molar-refractivity contribution in [3.8, 4) is 6.07 Å². The monoisotopic (exact) mass is 430 g/mol. The first-order chi connectivity index (χ1) is 14.3. The van der Waals surface area contributed by atoms with E-state index in [9.17, 15) is 23.8 Å². The van der Waals surface area contributed by atoms with E-state index in [-0.39, 0.29) is 11.3 Å². The van der Waals surface area contributed by atoms with Crippen LogP contribution < -0.4 is 5.73 Å². The van der Waals surface area contributed by atoms with Gasteiger partial charge in [-0.1, -0.05) is 26.8 Å². The second-order valence-electron chi connectivity index (χ2n) is 8.46. The Morgan fingerprint density at radius 2 is 1.84 bits per heavy atom. The standard InChI is InChI=1S/C17H11F3N5.C5H13N/c1-8-12(6-21)15(13(7-22)16(23-8)17(18,19)20)10-3-4-14-11(5-10)9(2)24-25-14;1-5(2,3)4-6/h3-5,15H,1-2H3,(H,24,25);4,6H2,1-3H3/q-1;/p+1/t15-;/m1./s1. The van der Waals surface area contributed by atoms with Crippen LogP contribution in [0.1, 0.15) is 44.9 Å². The van der Waals surface area contributed by atoms with Crippen LogP contribution in [0.3, 0.4) is 0 Å². The number of allylic oxidation sites excluding steroid dienone is 3. The van der Waals surface area contributed by atoms with Gasteiger partial charge in [0.05, 0.1) is 29.6 Å². The van der Waals surface area contributed by atoms with Crippen molar-refractivity contribution in [3.05, 3.63) is 51.7 Å². The minimum absolute atomic E-state index is 0.0325. The summed E-state index contributed by atoms with van der Waals surface area (Å²) in [5.41, 5.74) is 4.17. The summed E-state index contributed by atoms with van der Waals surface area (Å²) < 4.78 is 39.9. The second-order valence-corrected chi connectivity index (χ2v) is 8.46. The SMILES string of the molecule is CC(C)(C)C[NH3+].CC1=NC(C(F)(F)F)=C(C#N)[C@H](c2ccc3n[nH]c(C)c3c2)C1=C=[N-]. The Balaban J connectivity index is 0.000000501. The number of halogens is 3. The van der Waals surface area contributed by atoms with Gasteiger partial charge in [0.1, 0.15) is 0 Å². The highest BCUT2D eigenvalue weighted by atomic mass is 19.4. The van der Waals surface area contributed by atoms with Crippen molar-refractivity contribution in [3.63, 3.8) is 0 Å². The molecule has 164 valence electrons. The van der Waals surface area contributed by atoms with Crippen molar-refractivity contribution < 1.29 is 18.9 Å². The first kappa shape index (κ1) is 24.1. The van der Waals surface area contributed by atoms with Crippen LogP contribution >= 0.6 is 0 Å². The molecule has 31 heavy (non-hydrogen) atoms. The number of aryl methyl sites for hydroxylation is 1. The molecule has 6 nitrogen and oxygen atoms in total. The molecule has 0 aliphatic carbocycles. The van der Waals surface area contributed by atoms with Gasteiger partial charge in [-0.05, 0) is 31.5 Å². The maximum atomic E-state index is 13.3. The number of nitriles is 1. The molecule has 0 saturated heterocycles. The summed E-state index contributed by atoms with van der Waals surface area (Å²) in [7, 11) is 0. The van der Waals surface area contributed by atoms with Gasteiger partial charge in [-0.15, -0.1) is 0 Å². The van der Waals surface area contributed by atoms with Gasteiger partial charge in [0.2, 0.25) is 0 Å². The van der Waals surface area contributed by atoms with Crippen molar-refractivity contribution >= 4 is 22.5 Å². The summed E-state index contributed by atoms with van der Waals surface area (Å²) in [6.07, 6.45) is -4.78. The molecule has 0 amide bonds. The minimum Gasteiger partial charge on any atom is -0.763 e. The van der Waals surface area contributed by atoms with Gasteiger partial charge >= 0.3 is 6.18 Å². The smallest absolute Gasteiger partial charge is 0.434 e. The van der Waals surface area contributed by atoms with Crippen molar-refractivity contribution in [1.82, 2.24) is 10.2 Å². The van der Waals surface area contributed by atoms with Gasteiger partial charge in [-0.2, -0.15) is 23.5 Å². The molecule has 0 bridgehead atoms. The van der Waals surface area contributed by atoms with Crippen LogP contribution in [-0.2, 0) is 0 Å². The summed E-state index contributed by atoms with van der Waals surface area (Å²) in [6.45, 7) is 10.7. The number of H-pyrrole nitrogens is 1. The number of fused-ring (bicyclic) bond motifs is 1. The Morgan fingerprint density at radius 1 is 1.23 bits per heavy atom. The zero-order valence-electron chi connectivity index (χ0n) is 18.1. The third-order valence-corrected chi connectivity index (χ3v) is 4.86. The molecule has 0 saturated carbocycles. The van der Waals surface area contributed by atoms with Crippen LogP contribution in [0.2, 0.25) is 0 Å². The van der Waals surface area contributed by atoms with Crippen molar-refractivity contribution in [1.29, 1.82) is 5.26 Å². The largest absolute Gasteiger partial charge is 0.763 e. The number of benzene rings is 1. The number of aromatic nitrogens is 2. The Labute approximate surface area is 178 Å². The average molecular weight is 430 g/mol. The fourth-order valence-corrected chi connectivity index (χ4v) is 2.93. The molecule has 2 heterocycles. The number of rotatable bonds is 1. The number of alkyl halides is 3. The van der Waals surface area contributed by atoms with E-state index in [1.807, 2.05) is 5.87 Å². The highest BCUT2D eigenvalue weighted by molar-refractivity contribution is 6.09. The minimum atomic E-state index is -4.78. The number of quaternary nitrogens is 1. The van der Waals surface area contributed by atoms with E-state index in [0.29, 0.717) is 16.5 Å². The molecule has 3 rings (SSSR count). The Bertz CT molecular complexity index is 1130. The van der Waals surface area contributed by atoms with Gasteiger partial charge in [-0.25, -0.2) is 4.99 Å². The molecular formula is C22H25F3N6. The van der Waals surface area contributed by atoms with Crippen LogP contribution in [0.15, 0.2) is 40.0 Å². The van der Waals surface area contributed by atoms with Crippen LogP contribution in [-0.4, -0.2) is 34.5 Å². The molecule has 1 aliphatic rings. The zero-order valence-corrected chi connectivity index (χ0v) is 18.1. The first-order valence-electron chi connectivity index (χ1n) is 9.62. The molecule has 9 heteroatoms. The lowest BCUT2D eigenvalue weighted by Gasteiger charge is -2.27. The lowest BCUT2D eigenvalue weighted by Crippen LogP contribution is -2.55. The quantitative estimate of drug-likeness (QED) is 0.660. The van der Waals surface area contributed by atoms with Gasteiger partial charge in [0.25, 0.3) is 0 Å². The lowest BCUT2D eigenvalue weighted by molar-refractivity contribution is -0.387. The summed E-state index contributed by atoms with van der Waals surface area (Å²) in [5.74, 6) is 0.796. The van der Waals surface area contributed by atoms with Crippen molar-refractivity contribution in [2.45, 2.75) is 46.7 Å². The molecular weight excluding hydrogens is 405 g/mol. The number of aliphatic imine (C=N–C) groups is 1. The predicted molar refractivity (Wildman–Crippen MR) is 114 cm³/mol. The van der Waals surface area contributed by atoms with Gasteiger partial charge in [0.15, 0.2) is 5.70 Å². The maximum absolute atomic E-state index is 13.3. The number of nitrogens with one attached hydrogen (secondary N) is 1. The average Bonchev–Trinajstić information content (AvgIpc) is 3.06. The second kappa shape index (κ2) is 8.88. The molecule has 1 atom stereocenters. The van der Waals surface area contributed by atoms with Gasteiger partial charge in [0, 0.05) is 27.8 Å². The third kappa shape index (κ3) is 5.29. The molecule has 0 fully saturated rings. The van der Waals surface area contributed by atoms with Crippen LogP contribution in [0, 0.1) is 23.7 Å². The van der Waals surface area contributed by atoms with E-state index in [1.54, 1.807) is 31.2 Å². The lowest BCUT2D eigenvalue weighted by atomic mass is 9.80. The molecule has 0 spiro atoms. The molecule has 0 unspecified atom stereocenters. The number of hydrogen-bond donors (Lipinski definition) is 2. The van der Waals surface area contributed by atoms with E-state index in [0.717, 1.165) is 17.6 Å². The number of aromatic amines is 1. The van der Waals surface area contributed by atoms with E-state index < -0.39 is 23.4 Å². The van der Waals surface area contributed by atoms with Crippen molar-refractivity contribution in [2.24, 2.45) is 10.4 Å². The number of nitrogens with zero attached hydrogens (tertiary/aromatic N) is 4. The highest BCUT2D eigenvalue weighted by Gasteiger charge is 2.42. The zero-order chi connectivity index (χ0) is 23.6. The molecule has 0 radical (unpaired) electrons. The van der Waals surface area contributed by atoms with E-state index in [1.165, 1.54) is 6.92 Å². The molecule has 1 aliphatic heterocycles. The normalized spacial score (nSPS) is 17.0. The number of hydrogen-bond acceptors (Lipinski definition) is 3. The third-order valence-electron chi connectivity index (χ3n) is 4.86. The molecule has 4 N–H and O–H groups in total. The topological polar surface area (TPSA) is 115 Å². The molecule has 1 aromatic carbocycles. The van der Waals surface area contributed by atoms with Crippen molar-refractivity contribution in [2.75, 3.05) is 6.54 Å². The Morgan fingerprint density at radius 3 is 2.32 bits per heavy atom. The Kier molecular flexibility index (Phi) is 6.89. The summed E-state index contributed by atoms with van der Waals surface area (Å²) in [6, 6.07) is 6.48. The maximum Gasteiger partial charge on any atom is 0.434 e. The Hall–Kier alpha value is -3.21. The predicted octanol–water partition coefficient (Wildman–Crippen LogP) is 4.21. The van der Waals surface area contributed by atoms with E-state index in [2.05, 4.69) is 41.7 Å². The summed E-state index contributed by atoms with van der Waals surface area (Å²) in [5, 5.41) is 26.4. The van der Waals surface area contributed by atoms with E-state index in [4.69, 9.17) is 0 Å². The fraction of sp³-hybridized carbons (Fsp3) is 0.409. The van der Waals surface area contributed by atoms with Gasteiger partial charge in [-0.3, -0.25) is 11.0 Å². The van der Waals surface area contributed by atoms with E-state index >= 15 is 0 Å². The fourth-order valence-electron chi connectivity index (χ4n) is 2.93. The molecule has 1 aromatic heterocycles. The van der Waals surface area contributed by atoms with Crippen LogP contribution in [0.25, 0.3) is 16.3 Å². The summed E-state index contributed by atoms with van der Waals surface area (Å²) >= 11 is 0. The van der Waals surface area contributed by atoms with Crippen LogP contribution in [0.4, 0.5) is 13.2 Å². The van der Waals surface area contributed by atoms with Crippen LogP contribution in [0.5, 0.6) is 0 Å². The first-order valence-corrected chi connectivity index (χ1v) is 9.62. The highest BCUT2D eigenvalue weighted by Crippen LogP contribution is 2.43.